The van der Waals surface area contributed by atoms with Crippen molar-refractivity contribution in [2.75, 3.05) is 0 Å². The molecule has 2 aromatic carbocycles. The third kappa shape index (κ3) is 4.00. The van der Waals surface area contributed by atoms with Crippen LogP contribution in [-0.4, -0.2) is 16.1 Å². The van der Waals surface area contributed by atoms with Crippen LogP contribution in [0.15, 0.2) is 60.7 Å². The third-order valence-corrected chi connectivity index (χ3v) is 14.3. The Hall–Kier alpha value is -1.57. The summed E-state index contributed by atoms with van der Waals surface area (Å²) in [5, 5.41) is 2.06. The lowest BCUT2D eigenvalue weighted by Gasteiger charge is -2.37. The van der Waals surface area contributed by atoms with Crippen LogP contribution in [0.25, 0.3) is 0 Å². The molecule has 0 amide bonds. The van der Waals surface area contributed by atoms with E-state index in [9.17, 15) is 0 Å². The molecule has 1 atom stereocenters. The molecule has 0 spiro atoms. The van der Waals surface area contributed by atoms with E-state index in [1.807, 2.05) is 6.07 Å². The first-order valence-electron chi connectivity index (χ1n) is 7.94. The lowest BCUT2D eigenvalue weighted by atomic mass is 10.2. The van der Waals surface area contributed by atoms with Crippen LogP contribution in [0.4, 0.5) is 0 Å². The van der Waals surface area contributed by atoms with Gasteiger partial charge in [0, 0.05) is 10.7 Å². The van der Waals surface area contributed by atoms with Crippen LogP contribution in [0, 0.1) is 11.8 Å². The van der Waals surface area contributed by atoms with Crippen LogP contribution >= 0.6 is 0 Å². The Morgan fingerprint density at radius 3 is 1.73 bits per heavy atom. The Kier molecular flexibility index (Phi) is 5.10. The van der Waals surface area contributed by atoms with E-state index in [-0.39, 0.29) is 0 Å². The van der Waals surface area contributed by atoms with Crippen molar-refractivity contribution >= 4 is 21.3 Å². The molecule has 0 radical (unpaired) electrons. The number of rotatable bonds is 3. The van der Waals surface area contributed by atoms with Gasteiger partial charge in [-0.05, 0) is 12.1 Å². The normalized spacial score (nSPS) is 13.1. The molecule has 22 heavy (non-hydrogen) atoms. The van der Waals surface area contributed by atoms with Gasteiger partial charge in [0.05, 0.1) is 16.1 Å². The van der Waals surface area contributed by atoms with Gasteiger partial charge in [-0.15, -0.1) is 5.92 Å². The van der Waals surface area contributed by atoms with Gasteiger partial charge in [0.2, 0.25) is 0 Å². The van der Waals surface area contributed by atoms with E-state index in [4.69, 9.17) is 0 Å². The number of hydrogen-bond acceptors (Lipinski definition) is 0. The molecule has 2 aromatic rings. The molecule has 2 heteroatoms. The van der Waals surface area contributed by atoms with E-state index in [1.54, 1.807) is 0 Å². The summed E-state index contributed by atoms with van der Waals surface area (Å²) in [7, 11) is -2.98. The summed E-state index contributed by atoms with van der Waals surface area (Å²) in [5.74, 6) is 7.13. The predicted octanol–water partition coefficient (Wildman–Crippen LogP) is 4.90. The van der Waals surface area contributed by atoms with Crippen molar-refractivity contribution in [3.05, 3.63) is 66.2 Å². The molecule has 0 bridgehead atoms. The molecule has 0 aliphatic heterocycles. The van der Waals surface area contributed by atoms with E-state index in [2.05, 4.69) is 99.2 Å². The maximum absolute atomic E-state index is 3.69. The highest BCUT2D eigenvalue weighted by Gasteiger charge is 2.40. The topological polar surface area (TPSA) is 0 Å². The zero-order chi connectivity index (χ0) is 16.2. The average molecular weight is 323 g/mol. The number of hydrogen-bond donors (Lipinski definition) is 0. The summed E-state index contributed by atoms with van der Waals surface area (Å²) < 4.78 is 0. The van der Waals surface area contributed by atoms with Crippen molar-refractivity contribution < 1.29 is 0 Å². The van der Waals surface area contributed by atoms with E-state index in [1.165, 1.54) is 5.19 Å². The van der Waals surface area contributed by atoms with Crippen LogP contribution in [0.2, 0.25) is 37.9 Å². The van der Waals surface area contributed by atoms with Gasteiger partial charge in [-0.1, -0.05) is 92.4 Å². The highest BCUT2D eigenvalue weighted by molar-refractivity contribution is 7.04. The van der Waals surface area contributed by atoms with Crippen molar-refractivity contribution in [3.63, 3.8) is 0 Å². The lowest BCUT2D eigenvalue weighted by Crippen LogP contribution is -2.53. The highest BCUT2D eigenvalue weighted by Crippen LogP contribution is 2.31. The van der Waals surface area contributed by atoms with Crippen LogP contribution < -0.4 is 5.19 Å². The lowest BCUT2D eigenvalue weighted by molar-refractivity contribution is 1.37. The van der Waals surface area contributed by atoms with Crippen LogP contribution in [0.5, 0.6) is 0 Å². The van der Waals surface area contributed by atoms with Crippen molar-refractivity contribution in [1.82, 2.24) is 0 Å². The zero-order valence-electron chi connectivity index (χ0n) is 14.4. The van der Waals surface area contributed by atoms with Gasteiger partial charge < -0.3 is 0 Å². The minimum Gasteiger partial charge on any atom is -0.100 e. The highest BCUT2D eigenvalue weighted by atomic mass is 28.4. The molecule has 1 unspecified atom stereocenters. The Balaban J connectivity index is 2.42. The summed E-state index contributed by atoms with van der Waals surface area (Å²) in [5.41, 5.74) is 1.13. The first-order valence-corrected chi connectivity index (χ1v) is 14.6. The fourth-order valence-electron chi connectivity index (χ4n) is 3.19. The molecule has 0 aromatic heterocycles. The van der Waals surface area contributed by atoms with Gasteiger partial charge in [0.25, 0.3) is 0 Å². The molecule has 2 rings (SSSR count). The molecular formula is C20H26Si2. The maximum Gasteiger partial charge on any atom is 0.0932 e. The van der Waals surface area contributed by atoms with E-state index >= 15 is 0 Å². The standard InChI is InChI=1S/C20H26Si2/c1-21(2,3)20(17-16-18-12-8-6-9-13-18)22(4,5)19-14-10-7-11-15-19/h6-15,20H,1-5H3. The molecular weight excluding hydrogens is 296 g/mol. The van der Waals surface area contributed by atoms with E-state index in [0.29, 0.717) is 5.16 Å². The van der Waals surface area contributed by atoms with Crippen LogP contribution in [0.1, 0.15) is 5.56 Å². The Morgan fingerprint density at radius 1 is 0.727 bits per heavy atom. The maximum atomic E-state index is 3.69. The van der Waals surface area contributed by atoms with Gasteiger partial charge in [-0.3, -0.25) is 0 Å². The fourth-order valence-corrected chi connectivity index (χ4v) is 14.7. The van der Waals surface area contributed by atoms with Crippen molar-refractivity contribution in [2.45, 2.75) is 37.9 Å². The predicted molar refractivity (Wildman–Crippen MR) is 104 cm³/mol. The van der Waals surface area contributed by atoms with Crippen LogP contribution in [-0.2, 0) is 0 Å². The largest absolute Gasteiger partial charge is 0.100 e. The summed E-state index contributed by atoms with van der Waals surface area (Å²) in [6, 6.07) is 21.4. The van der Waals surface area contributed by atoms with Gasteiger partial charge in [0.15, 0.2) is 0 Å². The second-order valence-electron chi connectivity index (χ2n) is 7.52. The first kappa shape index (κ1) is 16.8. The molecule has 0 saturated carbocycles. The molecule has 0 aliphatic rings. The quantitative estimate of drug-likeness (QED) is 0.557. The molecule has 0 fully saturated rings. The van der Waals surface area contributed by atoms with E-state index < -0.39 is 16.1 Å². The molecule has 0 saturated heterocycles. The van der Waals surface area contributed by atoms with Crippen molar-refractivity contribution in [1.29, 1.82) is 0 Å². The SMILES string of the molecule is C[Si](C)(C)C(C#Cc1ccccc1)[Si](C)(C)c1ccccc1. The monoisotopic (exact) mass is 322 g/mol. The average Bonchev–Trinajstić information content (AvgIpc) is 2.48. The minimum atomic E-state index is -1.61. The van der Waals surface area contributed by atoms with Crippen molar-refractivity contribution in [2.24, 2.45) is 0 Å². The van der Waals surface area contributed by atoms with Crippen molar-refractivity contribution in [3.8, 4) is 11.8 Å². The smallest absolute Gasteiger partial charge is 0.0932 e. The first-order chi connectivity index (χ1) is 10.3. The number of benzene rings is 2. The summed E-state index contributed by atoms with van der Waals surface area (Å²) in [4.78, 5) is 0. The Labute approximate surface area is 137 Å². The second-order valence-corrected chi connectivity index (χ2v) is 18.0. The van der Waals surface area contributed by atoms with Gasteiger partial charge in [-0.2, -0.15) is 0 Å². The third-order valence-electron chi connectivity index (χ3n) is 4.24. The Morgan fingerprint density at radius 2 is 1.23 bits per heavy atom. The molecule has 0 nitrogen and oxygen atoms in total. The molecule has 0 heterocycles. The Bertz CT molecular complexity index is 656. The summed E-state index contributed by atoms with van der Waals surface area (Å²) in [6.45, 7) is 12.3. The molecule has 0 aliphatic carbocycles. The summed E-state index contributed by atoms with van der Waals surface area (Å²) >= 11 is 0. The second kappa shape index (κ2) is 6.68. The zero-order valence-corrected chi connectivity index (χ0v) is 16.4. The van der Waals surface area contributed by atoms with E-state index in [0.717, 1.165) is 5.56 Å². The summed E-state index contributed by atoms with van der Waals surface area (Å²) in [6.07, 6.45) is 0. The minimum absolute atomic E-state index is 0.544. The van der Waals surface area contributed by atoms with Gasteiger partial charge in [0.1, 0.15) is 0 Å². The van der Waals surface area contributed by atoms with Gasteiger partial charge >= 0.3 is 0 Å². The van der Waals surface area contributed by atoms with Gasteiger partial charge in [-0.25, -0.2) is 0 Å². The molecule has 0 N–H and O–H groups in total. The fraction of sp³-hybridized carbons (Fsp3) is 0.300. The van der Waals surface area contributed by atoms with Crippen LogP contribution in [0.3, 0.4) is 0 Å². The molecule has 114 valence electrons.